The maximum Gasteiger partial charge on any atom is 0.302 e. The van der Waals surface area contributed by atoms with Crippen molar-refractivity contribution < 1.29 is 38.0 Å². The van der Waals surface area contributed by atoms with E-state index in [0.717, 1.165) is 27.8 Å². The van der Waals surface area contributed by atoms with Crippen molar-refractivity contribution in [2.24, 2.45) is 0 Å². The molecule has 0 bridgehead atoms. The van der Waals surface area contributed by atoms with Crippen molar-refractivity contribution in [3.8, 4) is 39.9 Å². The minimum Gasteiger partial charge on any atom is -0.493 e. The van der Waals surface area contributed by atoms with E-state index in [9.17, 15) is 4.79 Å². The first-order chi connectivity index (χ1) is 16.3. The summed E-state index contributed by atoms with van der Waals surface area (Å²) in [4.78, 5) is 11.6. The second-order valence-corrected chi connectivity index (χ2v) is 8.25. The van der Waals surface area contributed by atoms with Gasteiger partial charge in [-0.2, -0.15) is 0 Å². The van der Waals surface area contributed by atoms with E-state index in [1.807, 2.05) is 26.0 Å². The van der Waals surface area contributed by atoms with Gasteiger partial charge in [-0.05, 0) is 49.1 Å². The van der Waals surface area contributed by atoms with Crippen LogP contribution < -0.4 is 23.7 Å². The van der Waals surface area contributed by atoms with Gasteiger partial charge >= 0.3 is 5.97 Å². The van der Waals surface area contributed by atoms with Crippen LogP contribution in [0, 0.1) is 0 Å². The Morgan fingerprint density at radius 3 is 2.12 bits per heavy atom. The minimum absolute atomic E-state index is 0.0117. The predicted octanol–water partition coefficient (Wildman–Crippen LogP) is 4.35. The number of ether oxygens (including phenoxy) is 7. The highest BCUT2D eigenvalue weighted by molar-refractivity contribution is 5.85. The lowest BCUT2D eigenvalue weighted by atomic mass is 9.85. The highest BCUT2D eigenvalue weighted by atomic mass is 16.5. The average molecular weight is 475 g/mol. The lowest BCUT2D eigenvalue weighted by molar-refractivity contribution is -0.145. The molecule has 0 saturated heterocycles. The highest BCUT2D eigenvalue weighted by Crippen LogP contribution is 2.53. The molecule has 8 heteroatoms. The molecule has 0 N–H and O–H groups in total. The van der Waals surface area contributed by atoms with Crippen molar-refractivity contribution in [2.45, 2.75) is 52.4 Å². The van der Waals surface area contributed by atoms with Crippen LogP contribution in [0.25, 0.3) is 11.1 Å². The van der Waals surface area contributed by atoms with E-state index in [0.29, 0.717) is 48.2 Å². The van der Waals surface area contributed by atoms with E-state index in [1.165, 1.54) is 6.92 Å². The van der Waals surface area contributed by atoms with Gasteiger partial charge in [-0.25, -0.2) is 0 Å². The molecule has 2 aromatic carbocycles. The van der Waals surface area contributed by atoms with Crippen LogP contribution in [0.5, 0.6) is 28.7 Å². The fourth-order valence-electron chi connectivity index (χ4n) is 4.57. The fraction of sp³-hybridized carbons (Fsp3) is 0.500. The third-order valence-electron chi connectivity index (χ3n) is 5.95. The molecule has 3 rings (SSSR count). The molecule has 186 valence electrons. The van der Waals surface area contributed by atoms with Gasteiger partial charge in [0.2, 0.25) is 5.75 Å². The van der Waals surface area contributed by atoms with E-state index < -0.39 is 0 Å². The summed E-state index contributed by atoms with van der Waals surface area (Å²) in [5.74, 6) is 2.47. The maximum atomic E-state index is 11.6. The normalized spacial score (nSPS) is 15.7. The fourth-order valence-corrected chi connectivity index (χ4v) is 4.57. The van der Waals surface area contributed by atoms with E-state index in [4.69, 9.17) is 33.2 Å². The van der Waals surface area contributed by atoms with Crippen LogP contribution in [0.3, 0.4) is 0 Å². The number of carbonyl (C=O) groups excluding carboxylic acids is 1. The molecule has 2 aromatic rings. The number of fused-ring (bicyclic) bond motifs is 1. The predicted molar refractivity (Wildman–Crippen MR) is 128 cm³/mol. The molecule has 1 aliphatic heterocycles. The summed E-state index contributed by atoms with van der Waals surface area (Å²) in [5.41, 5.74) is 4.64. The van der Waals surface area contributed by atoms with E-state index in [1.54, 1.807) is 35.5 Å². The first kappa shape index (κ1) is 25.5. The van der Waals surface area contributed by atoms with E-state index >= 15 is 0 Å². The number of benzene rings is 2. The van der Waals surface area contributed by atoms with Gasteiger partial charge in [0.15, 0.2) is 23.0 Å². The molecule has 0 spiro atoms. The number of rotatable bonds is 9. The first-order valence-electron chi connectivity index (χ1n) is 11.2. The van der Waals surface area contributed by atoms with E-state index in [2.05, 4.69) is 0 Å². The molecule has 0 aromatic heterocycles. The number of hydrogen-bond acceptors (Lipinski definition) is 8. The number of hydrogen-bond donors (Lipinski definition) is 0. The maximum absolute atomic E-state index is 11.6. The summed E-state index contributed by atoms with van der Waals surface area (Å²) in [6, 6.07) is 3.85. The quantitative estimate of drug-likeness (QED) is 0.496. The Hall–Kier alpha value is -3.13. The first-order valence-corrected chi connectivity index (χ1v) is 11.2. The zero-order valence-electron chi connectivity index (χ0n) is 21.2. The molecule has 0 fully saturated rings. The Labute approximate surface area is 201 Å². The summed E-state index contributed by atoms with van der Waals surface area (Å²) in [7, 11) is 7.99. The van der Waals surface area contributed by atoms with Crippen LogP contribution in [-0.4, -0.2) is 53.7 Å². The molecule has 8 nitrogen and oxygen atoms in total. The van der Waals surface area contributed by atoms with Gasteiger partial charge < -0.3 is 33.2 Å². The van der Waals surface area contributed by atoms with Gasteiger partial charge in [0.1, 0.15) is 6.10 Å². The monoisotopic (exact) mass is 474 g/mol. The van der Waals surface area contributed by atoms with Crippen LogP contribution in [0.4, 0.5) is 0 Å². The molecule has 0 unspecified atom stereocenters. The third kappa shape index (κ3) is 4.87. The summed E-state index contributed by atoms with van der Waals surface area (Å²) in [6.45, 7) is 5.69. The summed E-state index contributed by atoms with van der Waals surface area (Å²) in [5, 5.41) is 0. The Bertz CT molecular complexity index is 1050. The highest BCUT2D eigenvalue weighted by Gasteiger charge is 2.32. The standard InChI is InChI=1S/C26H34O8/c1-14-10-19-20(13-33-14)24(30-6)26(32-8)25(31-7)23(19)18-12-22(29-5)21(28-4)11-17(18)9-15(2)34-16(3)27/h11-12,14-15H,9-10,13H2,1-8H3/t14-,15-/m0/s1. The molecule has 0 saturated carbocycles. The van der Waals surface area contributed by atoms with Crippen LogP contribution in [0.2, 0.25) is 0 Å². The Kier molecular flexibility index (Phi) is 8.15. The molecule has 0 radical (unpaired) electrons. The molecule has 2 atom stereocenters. The van der Waals surface area contributed by atoms with Crippen molar-refractivity contribution in [3.63, 3.8) is 0 Å². The van der Waals surface area contributed by atoms with Crippen molar-refractivity contribution in [1.82, 2.24) is 0 Å². The van der Waals surface area contributed by atoms with Crippen molar-refractivity contribution in [2.75, 3.05) is 35.5 Å². The Balaban J connectivity index is 2.38. The average Bonchev–Trinajstić information content (AvgIpc) is 2.81. The molecular formula is C26H34O8. The smallest absolute Gasteiger partial charge is 0.302 e. The zero-order valence-corrected chi connectivity index (χ0v) is 21.2. The van der Waals surface area contributed by atoms with Gasteiger partial charge in [-0.1, -0.05) is 0 Å². The van der Waals surface area contributed by atoms with Crippen molar-refractivity contribution in [1.29, 1.82) is 0 Å². The van der Waals surface area contributed by atoms with Crippen LogP contribution >= 0.6 is 0 Å². The van der Waals surface area contributed by atoms with Gasteiger partial charge in [0.05, 0.1) is 48.3 Å². The summed E-state index contributed by atoms with van der Waals surface area (Å²) < 4.78 is 40.0. The number of methoxy groups -OCH3 is 5. The molecule has 1 heterocycles. The largest absolute Gasteiger partial charge is 0.493 e. The Morgan fingerprint density at radius 1 is 0.941 bits per heavy atom. The van der Waals surface area contributed by atoms with Gasteiger partial charge in [-0.3, -0.25) is 4.79 Å². The SMILES string of the molecule is COc1cc(C[C@H](C)OC(C)=O)c(-c2c3c(c(OC)c(OC)c2OC)CO[C@@H](C)C3)cc1OC. The number of esters is 1. The van der Waals surface area contributed by atoms with Crippen molar-refractivity contribution >= 4 is 5.97 Å². The van der Waals surface area contributed by atoms with Gasteiger partial charge in [0, 0.05) is 24.5 Å². The van der Waals surface area contributed by atoms with Crippen LogP contribution in [0.1, 0.15) is 37.5 Å². The molecule has 0 amide bonds. The second kappa shape index (κ2) is 10.9. The lowest BCUT2D eigenvalue weighted by Gasteiger charge is -2.30. The third-order valence-corrected chi connectivity index (χ3v) is 5.95. The lowest BCUT2D eigenvalue weighted by Crippen LogP contribution is -2.22. The molecule has 1 aliphatic rings. The van der Waals surface area contributed by atoms with Gasteiger partial charge in [0.25, 0.3) is 0 Å². The van der Waals surface area contributed by atoms with Crippen LogP contribution in [0.15, 0.2) is 12.1 Å². The number of carbonyl (C=O) groups is 1. The minimum atomic E-state index is -0.349. The van der Waals surface area contributed by atoms with E-state index in [-0.39, 0.29) is 18.2 Å². The molecule has 34 heavy (non-hydrogen) atoms. The summed E-state index contributed by atoms with van der Waals surface area (Å²) >= 11 is 0. The Morgan fingerprint density at radius 2 is 1.56 bits per heavy atom. The van der Waals surface area contributed by atoms with Crippen molar-refractivity contribution in [3.05, 3.63) is 28.8 Å². The second-order valence-electron chi connectivity index (χ2n) is 8.25. The molecule has 0 aliphatic carbocycles. The molecular weight excluding hydrogens is 440 g/mol. The summed E-state index contributed by atoms with van der Waals surface area (Å²) in [6.07, 6.45) is 0.790. The topological polar surface area (TPSA) is 81.7 Å². The van der Waals surface area contributed by atoms with Gasteiger partial charge in [-0.15, -0.1) is 0 Å². The zero-order chi connectivity index (χ0) is 25.0. The van der Waals surface area contributed by atoms with Crippen LogP contribution in [-0.2, 0) is 33.7 Å².